The van der Waals surface area contributed by atoms with Gasteiger partial charge < -0.3 is 10.0 Å². The minimum absolute atomic E-state index is 0.205. The quantitative estimate of drug-likeness (QED) is 0.612. The Bertz CT molecular complexity index is 457. The largest absolute Gasteiger partial charge is 0.477 e. The van der Waals surface area contributed by atoms with Crippen molar-refractivity contribution in [3.63, 3.8) is 0 Å². The van der Waals surface area contributed by atoms with Gasteiger partial charge in [0.1, 0.15) is 11.6 Å². The Labute approximate surface area is 108 Å². The van der Waals surface area contributed by atoms with E-state index in [1.165, 1.54) is 0 Å². The minimum Gasteiger partial charge on any atom is -0.477 e. The standard InChI is InChI=1S/C14H18N2O2/c1-4-5-6-16-10(2)7-12(8-11(16)3)13(9-15)14(17)18/h7-8H,4-6H2,1-3H3,(H,17,18). The number of carbonyl (C=O) groups is 1. The summed E-state index contributed by atoms with van der Waals surface area (Å²) in [5.41, 5.74) is 2.23. The van der Waals surface area contributed by atoms with E-state index in [1.807, 2.05) is 13.8 Å². The van der Waals surface area contributed by atoms with Crippen LogP contribution in [-0.4, -0.2) is 22.5 Å². The summed E-state index contributed by atoms with van der Waals surface area (Å²) in [6, 6.07) is 1.74. The summed E-state index contributed by atoms with van der Waals surface area (Å²) in [6.45, 7) is 6.92. The fraction of sp³-hybridized carbons (Fsp3) is 0.429. The Balaban J connectivity index is 3.09. The van der Waals surface area contributed by atoms with Crippen LogP contribution in [0.5, 0.6) is 0 Å². The molecule has 4 heteroatoms. The molecule has 4 nitrogen and oxygen atoms in total. The van der Waals surface area contributed by atoms with Crippen LogP contribution >= 0.6 is 0 Å². The number of carboxylic acids is 1. The van der Waals surface area contributed by atoms with Crippen molar-refractivity contribution in [2.45, 2.75) is 33.6 Å². The van der Waals surface area contributed by atoms with Gasteiger partial charge in [0.25, 0.3) is 0 Å². The monoisotopic (exact) mass is 246 g/mol. The molecule has 0 radical (unpaired) electrons. The second-order valence-corrected chi connectivity index (χ2v) is 4.32. The van der Waals surface area contributed by atoms with Crippen LogP contribution in [0.1, 0.15) is 33.6 Å². The van der Waals surface area contributed by atoms with E-state index in [1.54, 1.807) is 18.2 Å². The summed E-state index contributed by atoms with van der Waals surface area (Å²) in [7, 11) is 0. The number of nitrogens with zero attached hydrogens (tertiary/aromatic N) is 2. The van der Waals surface area contributed by atoms with Gasteiger partial charge in [0.05, 0.1) is 0 Å². The molecule has 96 valence electrons. The first-order valence-electron chi connectivity index (χ1n) is 6.03. The van der Waals surface area contributed by atoms with E-state index in [4.69, 9.17) is 10.4 Å². The minimum atomic E-state index is -1.18. The lowest BCUT2D eigenvalue weighted by molar-refractivity contribution is -0.132. The number of aliphatic carboxylic acids is 1. The number of unbranched alkanes of at least 4 members (excludes halogenated alkanes) is 1. The highest BCUT2D eigenvalue weighted by molar-refractivity contribution is 5.93. The molecular formula is C14H18N2O2. The number of hydrogen-bond acceptors (Lipinski definition) is 3. The van der Waals surface area contributed by atoms with Crippen molar-refractivity contribution >= 4 is 5.97 Å². The van der Waals surface area contributed by atoms with E-state index in [2.05, 4.69) is 11.8 Å². The first kappa shape index (κ1) is 14.0. The Morgan fingerprint density at radius 2 is 1.94 bits per heavy atom. The summed E-state index contributed by atoms with van der Waals surface area (Å²) < 4.78 is 0. The topological polar surface area (TPSA) is 64.3 Å². The van der Waals surface area contributed by atoms with Crippen LogP contribution in [-0.2, 0) is 4.79 Å². The molecule has 1 heterocycles. The third kappa shape index (κ3) is 3.01. The highest BCUT2D eigenvalue weighted by atomic mass is 16.4. The van der Waals surface area contributed by atoms with Crippen molar-refractivity contribution < 1.29 is 9.90 Å². The van der Waals surface area contributed by atoms with Gasteiger partial charge in [-0.15, -0.1) is 0 Å². The van der Waals surface area contributed by atoms with Gasteiger partial charge in [0.15, 0.2) is 0 Å². The van der Waals surface area contributed by atoms with E-state index in [9.17, 15) is 4.79 Å². The van der Waals surface area contributed by atoms with Gasteiger partial charge in [-0.3, -0.25) is 0 Å². The van der Waals surface area contributed by atoms with Gasteiger partial charge >= 0.3 is 5.97 Å². The molecule has 0 saturated heterocycles. The fourth-order valence-electron chi connectivity index (χ4n) is 1.97. The molecule has 0 unspecified atom stereocenters. The number of carboxylic acid groups (broad SMARTS) is 1. The average molecular weight is 246 g/mol. The van der Waals surface area contributed by atoms with Gasteiger partial charge in [-0.1, -0.05) is 13.3 Å². The zero-order valence-corrected chi connectivity index (χ0v) is 11.0. The smallest absolute Gasteiger partial charge is 0.347 e. The maximum atomic E-state index is 10.9. The molecule has 0 aromatic rings. The van der Waals surface area contributed by atoms with Crippen LogP contribution in [0.25, 0.3) is 0 Å². The molecule has 1 aliphatic heterocycles. The first-order valence-corrected chi connectivity index (χ1v) is 6.03. The first-order chi connectivity index (χ1) is 8.51. The summed E-state index contributed by atoms with van der Waals surface area (Å²) in [4.78, 5) is 13.1. The van der Waals surface area contributed by atoms with E-state index in [0.29, 0.717) is 5.57 Å². The molecule has 18 heavy (non-hydrogen) atoms. The zero-order chi connectivity index (χ0) is 13.7. The van der Waals surface area contributed by atoms with Gasteiger partial charge in [0.2, 0.25) is 0 Å². The summed E-state index contributed by atoms with van der Waals surface area (Å²) >= 11 is 0. The molecule has 0 fully saturated rings. The highest BCUT2D eigenvalue weighted by Crippen LogP contribution is 2.24. The molecule has 0 atom stereocenters. The average Bonchev–Trinajstić information content (AvgIpc) is 2.28. The molecule has 0 aliphatic carbocycles. The van der Waals surface area contributed by atoms with Crippen LogP contribution in [0.15, 0.2) is 34.7 Å². The van der Waals surface area contributed by atoms with Crippen LogP contribution in [0.2, 0.25) is 0 Å². The second kappa shape index (κ2) is 6.06. The number of nitriles is 1. The molecule has 0 aromatic carbocycles. The predicted molar refractivity (Wildman–Crippen MR) is 69.4 cm³/mol. The van der Waals surface area contributed by atoms with Crippen molar-refractivity contribution in [3.8, 4) is 6.07 Å². The molecule has 1 rings (SSSR count). The third-order valence-electron chi connectivity index (χ3n) is 2.93. The highest BCUT2D eigenvalue weighted by Gasteiger charge is 2.18. The van der Waals surface area contributed by atoms with Crippen LogP contribution < -0.4 is 0 Å². The van der Waals surface area contributed by atoms with Crippen molar-refractivity contribution in [1.29, 1.82) is 5.26 Å². The maximum absolute atomic E-state index is 10.9. The Morgan fingerprint density at radius 3 is 2.33 bits per heavy atom. The van der Waals surface area contributed by atoms with Crippen molar-refractivity contribution in [1.82, 2.24) is 4.90 Å². The lowest BCUT2D eigenvalue weighted by Gasteiger charge is -2.29. The van der Waals surface area contributed by atoms with Crippen LogP contribution in [0.3, 0.4) is 0 Å². The SMILES string of the molecule is CCCCN1C(C)=CC(=C(C#N)C(=O)O)C=C1C. The molecule has 0 amide bonds. The number of rotatable bonds is 4. The molecule has 0 spiro atoms. The summed E-state index contributed by atoms with van der Waals surface area (Å²) in [5, 5.41) is 17.8. The number of hydrogen-bond donors (Lipinski definition) is 1. The van der Waals surface area contributed by atoms with Gasteiger partial charge in [-0.25, -0.2) is 4.79 Å². The van der Waals surface area contributed by atoms with Crippen molar-refractivity contribution in [2.24, 2.45) is 0 Å². The molecule has 0 aromatic heterocycles. The molecular weight excluding hydrogens is 228 g/mol. The Morgan fingerprint density at radius 1 is 1.39 bits per heavy atom. The lowest BCUT2D eigenvalue weighted by atomic mass is 10.0. The molecule has 0 saturated carbocycles. The van der Waals surface area contributed by atoms with Crippen molar-refractivity contribution in [2.75, 3.05) is 6.54 Å². The van der Waals surface area contributed by atoms with E-state index in [-0.39, 0.29) is 5.57 Å². The third-order valence-corrected chi connectivity index (χ3v) is 2.93. The molecule has 0 bridgehead atoms. The van der Waals surface area contributed by atoms with Crippen LogP contribution in [0.4, 0.5) is 0 Å². The van der Waals surface area contributed by atoms with Gasteiger partial charge in [-0.05, 0) is 32.4 Å². The van der Waals surface area contributed by atoms with Gasteiger partial charge in [-0.2, -0.15) is 5.26 Å². The Hall–Kier alpha value is -2.02. The summed E-state index contributed by atoms with van der Waals surface area (Å²) in [5.74, 6) is -1.18. The lowest BCUT2D eigenvalue weighted by Crippen LogP contribution is -2.23. The van der Waals surface area contributed by atoms with Crippen molar-refractivity contribution in [3.05, 3.63) is 34.7 Å². The zero-order valence-electron chi connectivity index (χ0n) is 11.0. The maximum Gasteiger partial charge on any atom is 0.347 e. The van der Waals surface area contributed by atoms with E-state index >= 15 is 0 Å². The fourth-order valence-corrected chi connectivity index (χ4v) is 1.97. The molecule has 1 aliphatic rings. The second-order valence-electron chi connectivity index (χ2n) is 4.32. The Kier molecular flexibility index (Phi) is 4.73. The predicted octanol–water partition coefficient (Wildman–Crippen LogP) is 2.81. The van der Waals surface area contributed by atoms with E-state index < -0.39 is 5.97 Å². The summed E-state index contributed by atoms with van der Waals surface area (Å²) in [6.07, 6.45) is 5.71. The van der Waals surface area contributed by atoms with Crippen LogP contribution in [0, 0.1) is 11.3 Å². The normalized spacial score (nSPS) is 14.8. The molecule has 1 N–H and O–H groups in total. The van der Waals surface area contributed by atoms with Gasteiger partial charge in [0, 0.05) is 23.5 Å². The number of allylic oxidation sites excluding steroid dienone is 5. The van der Waals surface area contributed by atoms with E-state index in [0.717, 1.165) is 30.8 Å².